The number of anilines is 1. The summed E-state index contributed by atoms with van der Waals surface area (Å²) in [5.41, 5.74) is 3.64. The Balaban J connectivity index is 1.41. The third-order valence-corrected chi connectivity index (χ3v) is 5.56. The molecule has 5 nitrogen and oxygen atoms in total. The fourth-order valence-electron chi connectivity index (χ4n) is 2.61. The van der Waals surface area contributed by atoms with Gasteiger partial charge in [0.1, 0.15) is 0 Å². The molecule has 128 valence electrons. The van der Waals surface area contributed by atoms with Crippen molar-refractivity contribution in [2.24, 2.45) is 0 Å². The fraction of sp³-hybridized carbons (Fsp3) is 0.278. The van der Waals surface area contributed by atoms with Crippen molar-refractivity contribution in [3.63, 3.8) is 0 Å². The molecule has 1 aromatic carbocycles. The summed E-state index contributed by atoms with van der Waals surface area (Å²) in [4.78, 5) is 17.6. The van der Waals surface area contributed by atoms with Gasteiger partial charge in [0.05, 0.1) is 0 Å². The minimum Gasteiger partial charge on any atom is -0.296 e. The standard InChI is InChI=1S/C18H17ClN4OS/c1-10-2-3-11(7-14(10)19)6-13-9-20-18(25-13)21-17(24)16-8-15(22-23-16)12-4-5-12/h2-3,7-9,12H,4-6H2,1H3,(H,22,23)(H,20,21,24). The van der Waals surface area contributed by atoms with Gasteiger partial charge in [-0.05, 0) is 43.0 Å². The number of aromatic amines is 1. The molecular formula is C18H17ClN4OS. The third kappa shape index (κ3) is 3.75. The molecule has 0 bridgehead atoms. The molecule has 0 spiro atoms. The van der Waals surface area contributed by atoms with Crippen LogP contribution in [0.3, 0.4) is 0 Å². The number of benzene rings is 1. The summed E-state index contributed by atoms with van der Waals surface area (Å²) in [6.07, 6.45) is 4.86. The first kappa shape index (κ1) is 16.3. The zero-order chi connectivity index (χ0) is 17.4. The van der Waals surface area contributed by atoms with Gasteiger partial charge in [-0.15, -0.1) is 11.3 Å². The molecule has 2 heterocycles. The summed E-state index contributed by atoms with van der Waals surface area (Å²) in [6.45, 7) is 1.98. The van der Waals surface area contributed by atoms with Gasteiger partial charge in [0.25, 0.3) is 5.91 Å². The van der Waals surface area contributed by atoms with E-state index >= 15 is 0 Å². The quantitative estimate of drug-likeness (QED) is 0.690. The average molecular weight is 373 g/mol. The van der Waals surface area contributed by atoms with Crippen LogP contribution in [-0.2, 0) is 6.42 Å². The van der Waals surface area contributed by atoms with Crippen molar-refractivity contribution in [1.29, 1.82) is 0 Å². The van der Waals surface area contributed by atoms with Gasteiger partial charge in [0, 0.05) is 34.1 Å². The van der Waals surface area contributed by atoms with Gasteiger partial charge in [-0.1, -0.05) is 23.7 Å². The molecule has 3 aromatic rings. The minimum absolute atomic E-state index is 0.234. The lowest BCUT2D eigenvalue weighted by Gasteiger charge is -2.02. The highest BCUT2D eigenvalue weighted by Crippen LogP contribution is 2.39. The van der Waals surface area contributed by atoms with Crippen molar-refractivity contribution in [2.45, 2.75) is 32.1 Å². The molecule has 2 N–H and O–H groups in total. The molecule has 2 aromatic heterocycles. The van der Waals surface area contributed by atoms with Crippen LogP contribution in [0.5, 0.6) is 0 Å². The van der Waals surface area contributed by atoms with Crippen molar-refractivity contribution >= 4 is 34.0 Å². The van der Waals surface area contributed by atoms with Gasteiger partial charge in [-0.3, -0.25) is 15.2 Å². The van der Waals surface area contributed by atoms with E-state index in [4.69, 9.17) is 11.6 Å². The summed E-state index contributed by atoms with van der Waals surface area (Å²) >= 11 is 7.63. The Bertz CT molecular complexity index is 929. The summed E-state index contributed by atoms with van der Waals surface area (Å²) in [5, 5.41) is 11.2. The van der Waals surface area contributed by atoms with Gasteiger partial charge in [-0.25, -0.2) is 4.98 Å². The van der Waals surface area contributed by atoms with E-state index in [-0.39, 0.29) is 5.91 Å². The average Bonchev–Trinajstić information content (AvgIpc) is 3.15. The van der Waals surface area contributed by atoms with Crippen molar-refractivity contribution in [2.75, 3.05) is 5.32 Å². The van der Waals surface area contributed by atoms with Gasteiger partial charge < -0.3 is 0 Å². The minimum atomic E-state index is -0.234. The molecule has 0 unspecified atom stereocenters. The number of aryl methyl sites for hydroxylation is 1. The lowest BCUT2D eigenvalue weighted by Crippen LogP contribution is -2.11. The van der Waals surface area contributed by atoms with E-state index in [1.807, 2.05) is 25.1 Å². The van der Waals surface area contributed by atoms with E-state index < -0.39 is 0 Å². The van der Waals surface area contributed by atoms with Crippen LogP contribution in [0.25, 0.3) is 0 Å². The Labute approximate surface area is 154 Å². The first-order valence-corrected chi connectivity index (χ1v) is 9.34. The number of aromatic nitrogens is 3. The monoisotopic (exact) mass is 372 g/mol. The third-order valence-electron chi connectivity index (χ3n) is 4.24. The number of hydrogen-bond acceptors (Lipinski definition) is 4. The molecule has 0 saturated heterocycles. The summed E-state index contributed by atoms with van der Waals surface area (Å²) in [6, 6.07) is 7.87. The van der Waals surface area contributed by atoms with Gasteiger partial charge in [0.2, 0.25) is 0 Å². The number of H-pyrrole nitrogens is 1. The van der Waals surface area contributed by atoms with Crippen LogP contribution in [0, 0.1) is 6.92 Å². The van der Waals surface area contributed by atoms with Crippen molar-refractivity contribution in [1.82, 2.24) is 15.2 Å². The first-order chi connectivity index (χ1) is 12.1. The van der Waals surface area contributed by atoms with E-state index in [0.29, 0.717) is 16.7 Å². The maximum Gasteiger partial charge on any atom is 0.277 e. The molecule has 1 saturated carbocycles. The van der Waals surface area contributed by atoms with Crippen LogP contribution in [0.2, 0.25) is 5.02 Å². The molecule has 25 heavy (non-hydrogen) atoms. The van der Waals surface area contributed by atoms with E-state index in [0.717, 1.165) is 33.1 Å². The van der Waals surface area contributed by atoms with Crippen LogP contribution in [0.15, 0.2) is 30.5 Å². The maximum absolute atomic E-state index is 12.3. The molecule has 0 atom stereocenters. The van der Waals surface area contributed by atoms with Crippen molar-refractivity contribution in [3.8, 4) is 0 Å². The largest absolute Gasteiger partial charge is 0.296 e. The Morgan fingerprint density at radius 3 is 3.00 bits per heavy atom. The second-order valence-electron chi connectivity index (χ2n) is 6.33. The number of halogens is 1. The number of rotatable bonds is 5. The Hall–Kier alpha value is -2.18. The predicted molar refractivity (Wildman–Crippen MR) is 99.6 cm³/mol. The molecular weight excluding hydrogens is 356 g/mol. The second-order valence-corrected chi connectivity index (χ2v) is 7.85. The van der Waals surface area contributed by atoms with E-state index in [2.05, 4.69) is 26.6 Å². The second kappa shape index (κ2) is 6.61. The highest BCUT2D eigenvalue weighted by Gasteiger charge is 2.26. The molecule has 1 aliphatic carbocycles. The van der Waals surface area contributed by atoms with E-state index in [9.17, 15) is 4.79 Å². The van der Waals surface area contributed by atoms with Crippen LogP contribution in [0.1, 0.15) is 50.9 Å². The number of thiazole rings is 1. The SMILES string of the molecule is Cc1ccc(Cc2cnc(NC(=O)c3cc(C4CC4)[nH]n3)s2)cc1Cl. The van der Waals surface area contributed by atoms with Crippen molar-refractivity contribution in [3.05, 3.63) is 62.9 Å². The number of nitrogens with one attached hydrogen (secondary N) is 2. The molecule has 1 aliphatic rings. The lowest BCUT2D eigenvalue weighted by molar-refractivity contribution is 0.102. The Morgan fingerprint density at radius 1 is 1.40 bits per heavy atom. The van der Waals surface area contributed by atoms with Gasteiger partial charge in [-0.2, -0.15) is 5.10 Å². The molecule has 0 radical (unpaired) electrons. The smallest absolute Gasteiger partial charge is 0.277 e. The topological polar surface area (TPSA) is 70.7 Å². The fourth-order valence-corrected chi connectivity index (χ4v) is 3.66. The number of amides is 1. The Morgan fingerprint density at radius 2 is 2.24 bits per heavy atom. The predicted octanol–water partition coefficient (Wildman–Crippen LogP) is 4.55. The zero-order valence-corrected chi connectivity index (χ0v) is 15.2. The first-order valence-electron chi connectivity index (χ1n) is 8.15. The number of carbonyl (C=O) groups is 1. The normalized spacial score (nSPS) is 13.8. The van der Waals surface area contributed by atoms with Crippen LogP contribution in [0.4, 0.5) is 5.13 Å². The van der Waals surface area contributed by atoms with Crippen LogP contribution in [-0.4, -0.2) is 21.1 Å². The van der Waals surface area contributed by atoms with Crippen LogP contribution >= 0.6 is 22.9 Å². The summed E-state index contributed by atoms with van der Waals surface area (Å²) in [7, 11) is 0. The molecule has 1 amide bonds. The number of nitrogens with zero attached hydrogens (tertiary/aromatic N) is 2. The highest BCUT2D eigenvalue weighted by molar-refractivity contribution is 7.15. The zero-order valence-electron chi connectivity index (χ0n) is 13.7. The molecule has 4 rings (SSSR count). The van der Waals surface area contributed by atoms with E-state index in [1.54, 1.807) is 6.20 Å². The molecule has 7 heteroatoms. The highest BCUT2D eigenvalue weighted by atomic mass is 35.5. The van der Waals surface area contributed by atoms with Crippen molar-refractivity contribution < 1.29 is 4.79 Å². The maximum atomic E-state index is 12.3. The number of hydrogen-bond donors (Lipinski definition) is 2. The van der Waals surface area contributed by atoms with Gasteiger partial charge >= 0.3 is 0 Å². The lowest BCUT2D eigenvalue weighted by atomic mass is 10.1. The summed E-state index contributed by atoms with van der Waals surface area (Å²) < 4.78 is 0. The Kier molecular flexibility index (Phi) is 4.31. The molecule has 1 fully saturated rings. The van der Waals surface area contributed by atoms with Gasteiger partial charge in [0.15, 0.2) is 10.8 Å². The number of carbonyl (C=O) groups excluding carboxylic acids is 1. The van der Waals surface area contributed by atoms with Crippen LogP contribution < -0.4 is 5.32 Å². The van der Waals surface area contributed by atoms with E-state index in [1.165, 1.54) is 24.2 Å². The summed E-state index contributed by atoms with van der Waals surface area (Å²) in [5.74, 6) is 0.310. The molecule has 0 aliphatic heterocycles.